The van der Waals surface area contributed by atoms with Gasteiger partial charge < -0.3 is 14.8 Å². The lowest BCUT2D eigenvalue weighted by Crippen LogP contribution is -2.32. The Kier molecular flexibility index (Phi) is 6.05. The van der Waals surface area contributed by atoms with E-state index in [0.29, 0.717) is 5.82 Å². The molecule has 0 unspecified atom stereocenters. The van der Waals surface area contributed by atoms with Crippen LogP contribution in [0, 0.1) is 0 Å². The number of nitrogens with one attached hydrogen (secondary N) is 1. The Morgan fingerprint density at radius 3 is 2.65 bits per heavy atom. The van der Waals surface area contributed by atoms with Crippen molar-refractivity contribution in [1.82, 2.24) is 14.5 Å². The zero-order valence-electron chi connectivity index (χ0n) is 12.5. The van der Waals surface area contributed by atoms with Gasteiger partial charge in [-0.1, -0.05) is 19.8 Å². The SMILES string of the molecule is CCCn1ccnc(NCCN2CCCCCC2)c1=O. The standard InChI is InChI=1S/C15H26N4O/c1-2-9-19-13-8-17-14(15(19)20)16-7-12-18-10-5-3-4-6-11-18/h8,13H,2-7,9-12H2,1H3,(H,16,17). The zero-order valence-corrected chi connectivity index (χ0v) is 12.5. The topological polar surface area (TPSA) is 50.2 Å². The Labute approximate surface area is 121 Å². The molecule has 0 spiro atoms. The maximum Gasteiger partial charge on any atom is 0.293 e. The fourth-order valence-electron chi connectivity index (χ4n) is 2.68. The number of aryl methyl sites for hydroxylation is 1. The summed E-state index contributed by atoms with van der Waals surface area (Å²) in [4.78, 5) is 18.8. The van der Waals surface area contributed by atoms with Crippen molar-refractivity contribution in [2.24, 2.45) is 0 Å². The summed E-state index contributed by atoms with van der Waals surface area (Å²) in [6, 6.07) is 0. The molecule has 5 nitrogen and oxygen atoms in total. The van der Waals surface area contributed by atoms with Crippen LogP contribution < -0.4 is 10.9 Å². The monoisotopic (exact) mass is 278 g/mol. The number of nitrogens with zero attached hydrogens (tertiary/aromatic N) is 3. The molecule has 0 saturated carbocycles. The maximum absolute atomic E-state index is 12.1. The van der Waals surface area contributed by atoms with Crippen LogP contribution in [0.25, 0.3) is 0 Å². The average Bonchev–Trinajstić information content (AvgIpc) is 2.72. The van der Waals surface area contributed by atoms with Gasteiger partial charge in [-0.3, -0.25) is 4.79 Å². The first-order chi connectivity index (χ1) is 9.81. The Morgan fingerprint density at radius 2 is 1.95 bits per heavy atom. The minimum Gasteiger partial charge on any atom is -0.364 e. The van der Waals surface area contributed by atoms with Crippen LogP contribution in [-0.2, 0) is 6.54 Å². The molecule has 1 N–H and O–H groups in total. The molecule has 0 radical (unpaired) electrons. The number of hydrogen-bond donors (Lipinski definition) is 1. The Morgan fingerprint density at radius 1 is 1.20 bits per heavy atom. The van der Waals surface area contributed by atoms with E-state index in [-0.39, 0.29) is 5.56 Å². The summed E-state index contributed by atoms with van der Waals surface area (Å²) in [6.07, 6.45) is 9.71. The first kappa shape index (κ1) is 15.0. The molecule has 5 heteroatoms. The lowest BCUT2D eigenvalue weighted by Gasteiger charge is -2.19. The van der Waals surface area contributed by atoms with Crippen LogP contribution >= 0.6 is 0 Å². The van der Waals surface area contributed by atoms with Gasteiger partial charge in [0.25, 0.3) is 5.56 Å². The fraction of sp³-hybridized carbons (Fsp3) is 0.733. The van der Waals surface area contributed by atoms with Crippen LogP contribution in [0.4, 0.5) is 5.82 Å². The molecule has 0 atom stereocenters. The first-order valence-corrected chi connectivity index (χ1v) is 7.83. The molecule has 1 saturated heterocycles. The Bertz CT molecular complexity index is 449. The molecule has 1 aliphatic rings. The van der Waals surface area contributed by atoms with Gasteiger partial charge >= 0.3 is 0 Å². The minimum atomic E-state index is -0.00906. The van der Waals surface area contributed by atoms with Gasteiger partial charge in [-0.25, -0.2) is 4.98 Å². The minimum absolute atomic E-state index is 0.00906. The molecule has 0 aliphatic carbocycles. The van der Waals surface area contributed by atoms with E-state index in [4.69, 9.17) is 0 Å². The van der Waals surface area contributed by atoms with E-state index in [1.165, 1.54) is 38.8 Å². The normalized spacial score (nSPS) is 16.9. The van der Waals surface area contributed by atoms with Crippen LogP contribution in [0.1, 0.15) is 39.0 Å². The van der Waals surface area contributed by atoms with Crippen LogP contribution in [0.3, 0.4) is 0 Å². The molecule has 0 aromatic carbocycles. The third-order valence-electron chi connectivity index (χ3n) is 3.80. The van der Waals surface area contributed by atoms with E-state index in [0.717, 1.165) is 26.1 Å². The van der Waals surface area contributed by atoms with E-state index < -0.39 is 0 Å². The molecule has 0 bridgehead atoms. The van der Waals surface area contributed by atoms with Gasteiger partial charge in [0.05, 0.1) is 0 Å². The molecular formula is C15H26N4O. The van der Waals surface area contributed by atoms with Gasteiger partial charge in [0.15, 0.2) is 5.82 Å². The summed E-state index contributed by atoms with van der Waals surface area (Å²) >= 11 is 0. The molecule has 1 aliphatic heterocycles. The van der Waals surface area contributed by atoms with E-state index in [1.807, 2.05) is 0 Å². The molecule has 1 fully saturated rings. The van der Waals surface area contributed by atoms with Gasteiger partial charge in [0, 0.05) is 32.0 Å². The Hall–Kier alpha value is -1.36. The van der Waals surface area contributed by atoms with Crippen molar-refractivity contribution in [2.75, 3.05) is 31.5 Å². The van der Waals surface area contributed by atoms with Gasteiger partial charge in [-0.05, 0) is 32.4 Å². The highest BCUT2D eigenvalue weighted by atomic mass is 16.1. The number of hydrogen-bond acceptors (Lipinski definition) is 4. The third kappa shape index (κ3) is 4.34. The quantitative estimate of drug-likeness (QED) is 0.864. The van der Waals surface area contributed by atoms with Crippen molar-refractivity contribution < 1.29 is 0 Å². The highest BCUT2D eigenvalue weighted by Gasteiger charge is 2.09. The second-order valence-electron chi connectivity index (χ2n) is 5.46. The largest absolute Gasteiger partial charge is 0.364 e. The number of rotatable bonds is 6. The van der Waals surface area contributed by atoms with Gasteiger partial charge in [-0.15, -0.1) is 0 Å². The third-order valence-corrected chi connectivity index (χ3v) is 3.80. The maximum atomic E-state index is 12.1. The predicted molar refractivity (Wildman–Crippen MR) is 82.2 cm³/mol. The second-order valence-corrected chi connectivity index (χ2v) is 5.46. The van der Waals surface area contributed by atoms with Gasteiger partial charge in [0.2, 0.25) is 0 Å². The van der Waals surface area contributed by atoms with Crippen molar-refractivity contribution in [3.8, 4) is 0 Å². The summed E-state index contributed by atoms with van der Waals surface area (Å²) in [5.41, 5.74) is -0.00906. The molecule has 0 amide bonds. The lowest BCUT2D eigenvalue weighted by molar-refractivity contribution is 0.296. The molecule has 1 aromatic heterocycles. The van der Waals surface area contributed by atoms with Crippen LogP contribution in [0.5, 0.6) is 0 Å². The predicted octanol–water partition coefficient (Wildman–Crippen LogP) is 1.94. The van der Waals surface area contributed by atoms with Gasteiger partial charge in [0.1, 0.15) is 0 Å². The van der Waals surface area contributed by atoms with E-state index in [2.05, 4.69) is 22.1 Å². The van der Waals surface area contributed by atoms with Crippen LogP contribution in [0.15, 0.2) is 17.2 Å². The van der Waals surface area contributed by atoms with Gasteiger partial charge in [-0.2, -0.15) is 0 Å². The van der Waals surface area contributed by atoms with E-state index >= 15 is 0 Å². The average molecular weight is 278 g/mol. The molecule has 2 heterocycles. The summed E-state index contributed by atoms with van der Waals surface area (Å²) < 4.78 is 1.72. The van der Waals surface area contributed by atoms with Crippen LogP contribution in [-0.4, -0.2) is 40.6 Å². The molecule has 112 valence electrons. The smallest absolute Gasteiger partial charge is 0.293 e. The number of likely N-dealkylation sites (tertiary alicyclic amines) is 1. The van der Waals surface area contributed by atoms with Crippen molar-refractivity contribution in [3.63, 3.8) is 0 Å². The molecule has 1 aromatic rings. The van der Waals surface area contributed by atoms with Crippen molar-refractivity contribution in [2.45, 2.75) is 45.6 Å². The summed E-state index contributed by atoms with van der Waals surface area (Å²) in [7, 11) is 0. The van der Waals surface area contributed by atoms with E-state index in [9.17, 15) is 4.79 Å². The fourth-order valence-corrected chi connectivity index (χ4v) is 2.68. The molecule has 2 rings (SSSR count). The summed E-state index contributed by atoms with van der Waals surface area (Å²) in [5, 5.41) is 3.19. The highest BCUT2D eigenvalue weighted by molar-refractivity contribution is 5.30. The van der Waals surface area contributed by atoms with Crippen molar-refractivity contribution in [3.05, 3.63) is 22.7 Å². The molecule has 20 heavy (non-hydrogen) atoms. The molecular weight excluding hydrogens is 252 g/mol. The number of anilines is 1. The van der Waals surface area contributed by atoms with Crippen molar-refractivity contribution in [1.29, 1.82) is 0 Å². The number of aromatic nitrogens is 2. The van der Waals surface area contributed by atoms with Crippen LogP contribution in [0.2, 0.25) is 0 Å². The summed E-state index contributed by atoms with van der Waals surface area (Å²) in [5.74, 6) is 0.482. The van der Waals surface area contributed by atoms with Crippen molar-refractivity contribution >= 4 is 5.82 Å². The first-order valence-electron chi connectivity index (χ1n) is 7.83. The second kappa shape index (κ2) is 8.04. The Balaban J connectivity index is 1.84. The lowest BCUT2D eigenvalue weighted by atomic mass is 10.2. The highest BCUT2D eigenvalue weighted by Crippen LogP contribution is 2.08. The zero-order chi connectivity index (χ0) is 14.2. The summed E-state index contributed by atoms with van der Waals surface area (Å²) in [6.45, 7) is 6.97. The van der Waals surface area contributed by atoms with E-state index in [1.54, 1.807) is 17.0 Å².